The molecular formula is C20H26N4O. The molecule has 3 N–H and O–H groups in total. The summed E-state index contributed by atoms with van der Waals surface area (Å²) in [5, 5.41) is 15.4. The van der Waals surface area contributed by atoms with E-state index >= 15 is 0 Å². The third-order valence-corrected chi connectivity index (χ3v) is 3.74. The molecule has 0 aliphatic carbocycles. The minimum Gasteiger partial charge on any atom is -0.394 e. The van der Waals surface area contributed by atoms with Crippen LogP contribution in [0.15, 0.2) is 59.9 Å². The van der Waals surface area contributed by atoms with E-state index in [1.165, 1.54) is 11.1 Å². The molecule has 0 unspecified atom stereocenters. The minimum atomic E-state index is 0.0631. The second kappa shape index (κ2) is 10.4. The van der Waals surface area contributed by atoms with E-state index in [1.54, 1.807) is 12.4 Å². The van der Waals surface area contributed by atoms with Crippen molar-refractivity contribution in [3.63, 3.8) is 0 Å². The second-order valence-corrected chi connectivity index (χ2v) is 5.83. The van der Waals surface area contributed by atoms with E-state index in [2.05, 4.69) is 46.2 Å². The number of hydrogen-bond acceptors (Lipinski definition) is 5. The Balaban J connectivity index is 1.74. The topological polar surface area (TPSA) is 69.5 Å². The molecule has 5 nitrogen and oxygen atoms in total. The van der Waals surface area contributed by atoms with Gasteiger partial charge in [-0.15, -0.1) is 0 Å². The van der Waals surface area contributed by atoms with Crippen molar-refractivity contribution < 1.29 is 5.11 Å². The minimum absolute atomic E-state index is 0.0631. The maximum atomic E-state index is 8.75. The molecule has 0 fully saturated rings. The molecule has 0 bridgehead atoms. The van der Waals surface area contributed by atoms with Gasteiger partial charge in [-0.2, -0.15) is 0 Å². The van der Waals surface area contributed by atoms with E-state index in [1.807, 2.05) is 24.3 Å². The molecule has 0 aliphatic rings. The predicted molar refractivity (Wildman–Crippen MR) is 103 cm³/mol. The fourth-order valence-corrected chi connectivity index (χ4v) is 2.33. The molecule has 0 radical (unpaired) electrons. The summed E-state index contributed by atoms with van der Waals surface area (Å²) in [5.74, 6) is 0. The zero-order valence-corrected chi connectivity index (χ0v) is 14.7. The molecular weight excluding hydrogens is 312 g/mol. The number of nitrogens with zero attached hydrogens (tertiary/aromatic N) is 2. The molecule has 5 heteroatoms. The van der Waals surface area contributed by atoms with Crippen LogP contribution in [0.3, 0.4) is 0 Å². The van der Waals surface area contributed by atoms with Crippen molar-refractivity contribution in [1.29, 1.82) is 0 Å². The molecule has 1 aromatic heterocycles. The first-order chi connectivity index (χ1) is 12.2. The number of aliphatic imine (C=N–C) groups is 1. The van der Waals surface area contributed by atoms with Crippen molar-refractivity contribution in [1.82, 2.24) is 15.6 Å². The number of rotatable bonds is 10. The van der Waals surface area contributed by atoms with E-state index < -0.39 is 0 Å². The van der Waals surface area contributed by atoms with Crippen LogP contribution in [0, 0.1) is 6.92 Å². The fraction of sp³-hybridized carbons (Fsp3) is 0.300. The first kappa shape index (κ1) is 18.8. The van der Waals surface area contributed by atoms with Crippen LogP contribution >= 0.6 is 0 Å². The van der Waals surface area contributed by atoms with Crippen molar-refractivity contribution in [3.05, 3.63) is 77.3 Å². The second-order valence-electron chi connectivity index (χ2n) is 5.83. The number of hydrogen-bond donors (Lipinski definition) is 3. The van der Waals surface area contributed by atoms with Gasteiger partial charge in [-0.05, 0) is 35.7 Å². The Morgan fingerprint density at radius 2 is 2.12 bits per heavy atom. The Morgan fingerprint density at radius 3 is 2.92 bits per heavy atom. The molecule has 0 spiro atoms. The normalized spacial score (nSPS) is 11.0. The average molecular weight is 338 g/mol. The number of aryl methyl sites for hydroxylation is 1. The standard InChI is InChI=1S/C20H26N4O/c1-16-5-3-4-6-19(16)14-24-17(2)12-22-15-20-11-18(7-8-23-20)13-21-9-10-25/h3-8,11,13,22,24-25H,2,9-10,12,14-15H2,1H3. The van der Waals surface area contributed by atoms with Gasteiger partial charge >= 0.3 is 0 Å². The Bertz CT molecular complexity index is 712. The molecule has 0 saturated heterocycles. The van der Waals surface area contributed by atoms with Crippen LogP contribution in [0.1, 0.15) is 22.4 Å². The van der Waals surface area contributed by atoms with Gasteiger partial charge in [0.25, 0.3) is 0 Å². The van der Waals surface area contributed by atoms with Crippen LogP contribution in [-0.2, 0) is 13.1 Å². The summed E-state index contributed by atoms with van der Waals surface area (Å²) in [6, 6.07) is 12.2. The maximum absolute atomic E-state index is 8.75. The van der Waals surface area contributed by atoms with Crippen molar-refractivity contribution in [3.8, 4) is 0 Å². The third-order valence-electron chi connectivity index (χ3n) is 3.74. The molecule has 0 atom stereocenters. The molecule has 1 aromatic carbocycles. The molecule has 132 valence electrons. The molecule has 2 rings (SSSR count). The summed E-state index contributed by atoms with van der Waals surface area (Å²) < 4.78 is 0. The van der Waals surface area contributed by atoms with Crippen LogP contribution in [0.5, 0.6) is 0 Å². The van der Waals surface area contributed by atoms with Crippen molar-refractivity contribution in [2.75, 3.05) is 19.7 Å². The monoisotopic (exact) mass is 338 g/mol. The van der Waals surface area contributed by atoms with Crippen LogP contribution in [0.25, 0.3) is 0 Å². The van der Waals surface area contributed by atoms with Gasteiger partial charge in [0.05, 0.1) is 18.8 Å². The lowest BCUT2D eigenvalue weighted by Gasteiger charge is -2.12. The Labute approximate surface area is 149 Å². The number of pyridine rings is 1. The summed E-state index contributed by atoms with van der Waals surface area (Å²) in [4.78, 5) is 8.47. The highest BCUT2D eigenvalue weighted by atomic mass is 16.3. The summed E-state index contributed by atoms with van der Waals surface area (Å²) >= 11 is 0. The summed E-state index contributed by atoms with van der Waals surface area (Å²) in [5.41, 5.74) is 5.43. The predicted octanol–water partition coefficient (Wildman–Crippen LogP) is 2.19. The Morgan fingerprint density at radius 1 is 1.28 bits per heavy atom. The number of aromatic nitrogens is 1. The van der Waals surface area contributed by atoms with Gasteiger partial charge in [0.1, 0.15) is 0 Å². The molecule has 2 aromatic rings. The number of aliphatic hydroxyl groups excluding tert-OH is 1. The van der Waals surface area contributed by atoms with Crippen molar-refractivity contribution in [2.24, 2.45) is 4.99 Å². The van der Waals surface area contributed by atoms with Crippen LogP contribution in [-0.4, -0.2) is 36.0 Å². The average Bonchev–Trinajstić information content (AvgIpc) is 2.62. The van der Waals surface area contributed by atoms with E-state index in [4.69, 9.17) is 5.11 Å². The fourth-order valence-electron chi connectivity index (χ4n) is 2.33. The van der Waals surface area contributed by atoms with Gasteiger partial charge in [0, 0.05) is 37.7 Å². The van der Waals surface area contributed by atoms with Gasteiger partial charge < -0.3 is 15.7 Å². The van der Waals surface area contributed by atoms with Gasteiger partial charge in [-0.25, -0.2) is 0 Å². The van der Waals surface area contributed by atoms with E-state index in [9.17, 15) is 0 Å². The summed E-state index contributed by atoms with van der Waals surface area (Å²) in [6.45, 7) is 8.77. The van der Waals surface area contributed by atoms with Gasteiger partial charge in [0.2, 0.25) is 0 Å². The lowest BCUT2D eigenvalue weighted by molar-refractivity contribution is 0.307. The quantitative estimate of drug-likeness (QED) is 0.581. The Hall–Kier alpha value is -2.50. The first-order valence-corrected chi connectivity index (χ1v) is 8.41. The lowest BCUT2D eigenvalue weighted by atomic mass is 10.1. The number of aliphatic hydroxyl groups is 1. The number of nitrogens with one attached hydrogen (secondary N) is 2. The van der Waals surface area contributed by atoms with Gasteiger partial charge in [-0.1, -0.05) is 30.8 Å². The smallest absolute Gasteiger partial charge is 0.0626 e. The van der Waals surface area contributed by atoms with Crippen LogP contribution < -0.4 is 10.6 Å². The highest BCUT2D eigenvalue weighted by Crippen LogP contribution is 2.06. The zero-order valence-electron chi connectivity index (χ0n) is 14.7. The molecule has 0 saturated carbocycles. The maximum Gasteiger partial charge on any atom is 0.0626 e. The van der Waals surface area contributed by atoms with Gasteiger partial charge in [0.15, 0.2) is 0 Å². The van der Waals surface area contributed by atoms with Gasteiger partial charge in [-0.3, -0.25) is 9.98 Å². The summed E-state index contributed by atoms with van der Waals surface area (Å²) in [6.07, 6.45) is 3.52. The third kappa shape index (κ3) is 6.87. The number of benzene rings is 1. The van der Waals surface area contributed by atoms with E-state index in [0.29, 0.717) is 19.6 Å². The SMILES string of the molecule is C=C(CNCc1cc(C=NCCO)ccn1)NCc1ccccc1C. The lowest BCUT2D eigenvalue weighted by Crippen LogP contribution is -2.24. The largest absolute Gasteiger partial charge is 0.394 e. The summed E-state index contributed by atoms with van der Waals surface area (Å²) in [7, 11) is 0. The highest BCUT2D eigenvalue weighted by molar-refractivity contribution is 5.79. The first-order valence-electron chi connectivity index (χ1n) is 8.41. The van der Waals surface area contributed by atoms with Crippen molar-refractivity contribution in [2.45, 2.75) is 20.0 Å². The molecule has 0 amide bonds. The van der Waals surface area contributed by atoms with E-state index in [0.717, 1.165) is 23.5 Å². The molecule has 1 heterocycles. The zero-order chi connectivity index (χ0) is 17.9. The van der Waals surface area contributed by atoms with E-state index in [-0.39, 0.29) is 6.61 Å². The highest BCUT2D eigenvalue weighted by Gasteiger charge is 2.00. The van der Waals surface area contributed by atoms with Crippen LogP contribution in [0.2, 0.25) is 0 Å². The molecule has 0 aliphatic heterocycles. The van der Waals surface area contributed by atoms with Crippen LogP contribution in [0.4, 0.5) is 0 Å². The van der Waals surface area contributed by atoms with Crippen molar-refractivity contribution >= 4 is 6.21 Å². The Kier molecular flexibility index (Phi) is 7.82. The molecule has 25 heavy (non-hydrogen) atoms.